The highest BCUT2D eigenvalue weighted by Gasteiger charge is 2.28. The molecule has 126 valence electrons. The Hall–Kier alpha value is -2.40. The van der Waals surface area contributed by atoms with Crippen LogP contribution in [0.3, 0.4) is 0 Å². The average Bonchev–Trinajstić information content (AvgIpc) is 2.53. The zero-order valence-electron chi connectivity index (χ0n) is 14.2. The van der Waals surface area contributed by atoms with Gasteiger partial charge in [0.05, 0.1) is 12.2 Å². The molecule has 2 unspecified atom stereocenters. The van der Waals surface area contributed by atoms with Crippen LogP contribution < -0.4 is 4.90 Å². The Balaban J connectivity index is 2.15. The smallest absolute Gasteiger partial charge is 0.340 e. The number of hydrogen-bond donors (Lipinski definition) is 1. The van der Waals surface area contributed by atoms with Crippen molar-refractivity contribution < 1.29 is 14.6 Å². The van der Waals surface area contributed by atoms with E-state index in [4.69, 9.17) is 4.74 Å². The van der Waals surface area contributed by atoms with E-state index in [1.54, 1.807) is 0 Å². The second kappa shape index (κ2) is 6.61. The van der Waals surface area contributed by atoms with Crippen molar-refractivity contribution >= 4 is 11.8 Å². The van der Waals surface area contributed by atoms with Crippen molar-refractivity contribution in [3.63, 3.8) is 0 Å². The zero-order valence-corrected chi connectivity index (χ0v) is 14.2. The fraction of sp³-hybridized carbons (Fsp3) is 0.368. The van der Waals surface area contributed by atoms with Gasteiger partial charge in [-0.15, -0.1) is 0 Å². The predicted octanol–water partition coefficient (Wildman–Crippen LogP) is 3.37. The fourth-order valence-electron chi connectivity index (χ4n) is 3.29. The molecule has 0 saturated carbocycles. The van der Waals surface area contributed by atoms with Gasteiger partial charge in [0.25, 0.3) is 0 Å². The van der Waals surface area contributed by atoms with Crippen molar-refractivity contribution in [3.8, 4) is 11.1 Å². The van der Waals surface area contributed by atoms with E-state index < -0.39 is 5.97 Å². The largest absolute Gasteiger partial charge is 0.478 e. The molecule has 1 aliphatic heterocycles. The summed E-state index contributed by atoms with van der Waals surface area (Å²) in [7, 11) is 0. The van der Waals surface area contributed by atoms with Crippen LogP contribution >= 0.6 is 0 Å². The molecular formula is C19H22N2O3. The van der Waals surface area contributed by atoms with Gasteiger partial charge in [-0.05, 0) is 32.4 Å². The number of anilines is 1. The SMILES string of the molecule is Cc1cc(-c2ccccc2)c(C(=O)O)c(N2CC(C)OC(C)C2)n1. The van der Waals surface area contributed by atoms with Crippen LogP contribution in [0, 0.1) is 6.92 Å². The zero-order chi connectivity index (χ0) is 17.3. The Labute approximate surface area is 141 Å². The molecule has 2 heterocycles. The van der Waals surface area contributed by atoms with Crippen LogP contribution in [0.1, 0.15) is 29.9 Å². The molecule has 1 aliphatic rings. The third-order valence-corrected chi connectivity index (χ3v) is 4.15. The molecule has 0 aliphatic carbocycles. The highest BCUT2D eigenvalue weighted by molar-refractivity contribution is 6.01. The number of pyridine rings is 1. The lowest BCUT2D eigenvalue weighted by Gasteiger charge is -2.37. The summed E-state index contributed by atoms with van der Waals surface area (Å²) in [4.78, 5) is 18.6. The molecule has 0 spiro atoms. The van der Waals surface area contributed by atoms with E-state index in [1.165, 1.54) is 0 Å². The molecule has 0 radical (unpaired) electrons. The maximum atomic E-state index is 12.0. The van der Waals surface area contributed by atoms with Crippen molar-refractivity contribution in [1.82, 2.24) is 4.98 Å². The minimum absolute atomic E-state index is 0.0397. The van der Waals surface area contributed by atoms with Gasteiger partial charge >= 0.3 is 5.97 Å². The number of rotatable bonds is 3. The first-order valence-electron chi connectivity index (χ1n) is 8.16. The van der Waals surface area contributed by atoms with Crippen LogP contribution in [0.5, 0.6) is 0 Å². The number of aromatic nitrogens is 1. The van der Waals surface area contributed by atoms with Crippen LogP contribution in [0.2, 0.25) is 0 Å². The molecular weight excluding hydrogens is 304 g/mol. The number of morpholine rings is 1. The molecule has 0 bridgehead atoms. The van der Waals surface area contributed by atoms with E-state index >= 15 is 0 Å². The first-order valence-corrected chi connectivity index (χ1v) is 8.16. The van der Waals surface area contributed by atoms with E-state index in [2.05, 4.69) is 4.98 Å². The molecule has 1 fully saturated rings. The lowest BCUT2D eigenvalue weighted by Crippen LogP contribution is -2.46. The van der Waals surface area contributed by atoms with Gasteiger partial charge in [-0.25, -0.2) is 9.78 Å². The number of hydrogen-bond acceptors (Lipinski definition) is 4. The number of carbonyl (C=O) groups is 1. The molecule has 0 amide bonds. The summed E-state index contributed by atoms with van der Waals surface area (Å²) in [6.45, 7) is 7.16. The van der Waals surface area contributed by atoms with Crippen molar-refractivity contribution in [1.29, 1.82) is 0 Å². The van der Waals surface area contributed by atoms with Crippen LogP contribution in [0.15, 0.2) is 36.4 Å². The van der Waals surface area contributed by atoms with Crippen molar-refractivity contribution in [3.05, 3.63) is 47.7 Å². The first-order chi connectivity index (χ1) is 11.5. The summed E-state index contributed by atoms with van der Waals surface area (Å²) in [6, 6.07) is 11.4. The maximum Gasteiger partial charge on any atom is 0.340 e. The summed E-state index contributed by atoms with van der Waals surface area (Å²) in [5.41, 5.74) is 2.65. The van der Waals surface area contributed by atoms with Gasteiger partial charge in [0.15, 0.2) is 0 Å². The van der Waals surface area contributed by atoms with Crippen LogP contribution in [-0.2, 0) is 4.74 Å². The molecule has 1 saturated heterocycles. The topological polar surface area (TPSA) is 62.7 Å². The Morgan fingerprint density at radius 2 is 1.83 bits per heavy atom. The van der Waals surface area contributed by atoms with E-state index in [1.807, 2.05) is 62.1 Å². The molecule has 1 N–H and O–H groups in total. The average molecular weight is 326 g/mol. The van der Waals surface area contributed by atoms with Gasteiger partial charge in [0.1, 0.15) is 11.4 Å². The van der Waals surface area contributed by atoms with Gasteiger partial charge in [-0.3, -0.25) is 0 Å². The molecule has 1 aromatic heterocycles. The minimum atomic E-state index is -0.955. The molecule has 24 heavy (non-hydrogen) atoms. The molecule has 2 aromatic rings. The molecule has 5 heteroatoms. The van der Waals surface area contributed by atoms with Crippen molar-refractivity contribution in [2.45, 2.75) is 33.0 Å². The number of ether oxygens (including phenoxy) is 1. The second-order valence-corrected chi connectivity index (χ2v) is 6.34. The summed E-state index contributed by atoms with van der Waals surface area (Å²) < 4.78 is 5.77. The normalized spacial score (nSPS) is 20.9. The Kier molecular flexibility index (Phi) is 4.53. The van der Waals surface area contributed by atoms with E-state index in [0.717, 1.165) is 11.3 Å². The van der Waals surface area contributed by atoms with Gasteiger partial charge in [-0.1, -0.05) is 30.3 Å². The Morgan fingerprint density at radius 1 is 1.21 bits per heavy atom. The van der Waals surface area contributed by atoms with E-state index in [0.29, 0.717) is 24.5 Å². The van der Waals surface area contributed by atoms with Gasteiger partial charge < -0.3 is 14.7 Å². The van der Waals surface area contributed by atoms with Crippen molar-refractivity contribution in [2.75, 3.05) is 18.0 Å². The molecule has 5 nitrogen and oxygen atoms in total. The lowest BCUT2D eigenvalue weighted by atomic mass is 9.99. The lowest BCUT2D eigenvalue weighted by molar-refractivity contribution is -0.00557. The Morgan fingerprint density at radius 3 is 2.42 bits per heavy atom. The quantitative estimate of drug-likeness (QED) is 0.937. The van der Waals surface area contributed by atoms with Gasteiger partial charge in [0, 0.05) is 24.3 Å². The first kappa shape index (κ1) is 16.5. The van der Waals surface area contributed by atoms with Gasteiger partial charge in [-0.2, -0.15) is 0 Å². The monoisotopic (exact) mass is 326 g/mol. The summed E-state index contributed by atoms with van der Waals surface area (Å²) in [5.74, 6) is -0.425. The highest BCUT2D eigenvalue weighted by atomic mass is 16.5. The third-order valence-electron chi connectivity index (χ3n) is 4.15. The predicted molar refractivity (Wildman–Crippen MR) is 93.6 cm³/mol. The van der Waals surface area contributed by atoms with Crippen molar-refractivity contribution in [2.24, 2.45) is 0 Å². The molecule has 1 aromatic carbocycles. The van der Waals surface area contributed by atoms with Crippen LogP contribution in [0.4, 0.5) is 5.82 Å². The fourth-order valence-corrected chi connectivity index (χ4v) is 3.29. The number of nitrogens with zero attached hydrogens (tertiary/aromatic N) is 2. The number of carboxylic acid groups (broad SMARTS) is 1. The summed E-state index contributed by atoms with van der Waals surface area (Å²) >= 11 is 0. The maximum absolute atomic E-state index is 12.0. The Bertz CT molecular complexity index is 736. The summed E-state index contributed by atoms with van der Waals surface area (Å²) in [5, 5.41) is 9.86. The van der Waals surface area contributed by atoms with Crippen LogP contribution in [0.25, 0.3) is 11.1 Å². The van der Waals surface area contributed by atoms with E-state index in [9.17, 15) is 9.90 Å². The van der Waals surface area contributed by atoms with Gasteiger partial charge in [0.2, 0.25) is 0 Å². The molecule has 3 rings (SSSR count). The standard InChI is InChI=1S/C19H22N2O3/c1-12-9-16(15-7-5-4-6-8-15)17(19(22)23)18(20-12)21-10-13(2)24-14(3)11-21/h4-9,13-14H,10-11H2,1-3H3,(H,22,23). The van der Waals surface area contributed by atoms with Crippen LogP contribution in [-0.4, -0.2) is 41.4 Å². The van der Waals surface area contributed by atoms with E-state index in [-0.39, 0.29) is 17.8 Å². The number of aromatic carboxylic acids is 1. The number of aryl methyl sites for hydroxylation is 1. The minimum Gasteiger partial charge on any atom is -0.478 e. The number of carboxylic acids is 1. The second-order valence-electron chi connectivity index (χ2n) is 6.34. The molecule has 2 atom stereocenters. The summed E-state index contributed by atoms with van der Waals surface area (Å²) in [6.07, 6.45) is 0.0794. The highest BCUT2D eigenvalue weighted by Crippen LogP contribution is 2.32. The number of benzene rings is 1. The third kappa shape index (κ3) is 3.26.